The van der Waals surface area contributed by atoms with Gasteiger partial charge >= 0.3 is 0 Å². The van der Waals surface area contributed by atoms with Gasteiger partial charge in [0.1, 0.15) is 6.04 Å². The fourth-order valence-electron chi connectivity index (χ4n) is 6.45. The smallest absolute Gasteiger partial charge is 0.254 e. The summed E-state index contributed by atoms with van der Waals surface area (Å²) in [5.41, 5.74) is 11.6. The van der Waals surface area contributed by atoms with E-state index in [1.807, 2.05) is 99.6 Å². The third-order valence-electron chi connectivity index (χ3n) is 8.58. The Morgan fingerprint density at radius 2 is 1.59 bits per heavy atom. The highest BCUT2D eigenvalue weighted by Gasteiger charge is 2.39. The number of fused-ring (bicyclic) bond motifs is 3. The van der Waals surface area contributed by atoms with Crippen LogP contribution >= 0.6 is 23.2 Å². The molecule has 4 aromatic rings. The molecule has 3 amide bonds. The van der Waals surface area contributed by atoms with Crippen molar-refractivity contribution in [2.24, 2.45) is 23.5 Å². The van der Waals surface area contributed by atoms with E-state index in [9.17, 15) is 14.4 Å². The summed E-state index contributed by atoms with van der Waals surface area (Å²) in [5.74, 6) is -2.24. The Labute approximate surface area is 280 Å². The number of anilines is 1. The van der Waals surface area contributed by atoms with Gasteiger partial charge in [-0.3, -0.25) is 14.4 Å². The lowest BCUT2D eigenvalue weighted by molar-refractivity contribution is -0.136. The van der Waals surface area contributed by atoms with Crippen LogP contribution in [0.1, 0.15) is 57.2 Å². The highest BCUT2D eigenvalue weighted by atomic mass is 35.5. The number of carbonyl (C=O) groups is 3. The summed E-state index contributed by atoms with van der Waals surface area (Å²) < 4.78 is 0. The van der Waals surface area contributed by atoms with Gasteiger partial charge in [-0.25, -0.2) is 0 Å². The van der Waals surface area contributed by atoms with E-state index in [0.717, 1.165) is 33.5 Å². The Morgan fingerprint density at radius 1 is 0.870 bits per heavy atom. The third kappa shape index (κ3) is 7.14. The molecule has 238 valence electrons. The lowest BCUT2D eigenvalue weighted by atomic mass is 9.81. The number of nitrogens with one attached hydrogen (secondary N) is 1. The predicted molar refractivity (Wildman–Crippen MR) is 186 cm³/mol. The first-order chi connectivity index (χ1) is 22.1. The molecule has 0 spiro atoms. The van der Waals surface area contributed by atoms with E-state index >= 15 is 0 Å². The fourth-order valence-corrected chi connectivity index (χ4v) is 6.97. The summed E-state index contributed by atoms with van der Waals surface area (Å²) in [6, 6.07) is 27.7. The van der Waals surface area contributed by atoms with E-state index < -0.39 is 23.8 Å². The first-order valence-electron chi connectivity index (χ1n) is 15.7. The minimum Gasteiger partial charge on any atom is -0.369 e. The van der Waals surface area contributed by atoms with Crippen LogP contribution < -0.4 is 16.0 Å². The Kier molecular flexibility index (Phi) is 10.5. The third-order valence-corrected chi connectivity index (χ3v) is 9.13. The highest BCUT2D eigenvalue weighted by molar-refractivity contribution is 6.36. The van der Waals surface area contributed by atoms with Gasteiger partial charge in [0.05, 0.1) is 12.2 Å². The van der Waals surface area contributed by atoms with Crippen LogP contribution in [0.2, 0.25) is 10.0 Å². The number of halogens is 2. The van der Waals surface area contributed by atoms with Gasteiger partial charge in [0, 0.05) is 33.0 Å². The average Bonchev–Trinajstić information content (AvgIpc) is 3.12. The molecule has 0 saturated carbocycles. The second-order valence-electron chi connectivity index (χ2n) is 12.3. The van der Waals surface area contributed by atoms with Crippen LogP contribution in [0.4, 0.5) is 5.69 Å². The molecular weight excluding hydrogens is 617 g/mol. The molecule has 8 heteroatoms. The van der Waals surface area contributed by atoms with Crippen LogP contribution in [0.3, 0.4) is 0 Å². The molecule has 4 aromatic carbocycles. The summed E-state index contributed by atoms with van der Waals surface area (Å²) in [6.45, 7) is 6.25. The van der Waals surface area contributed by atoms with E-state index in [2.05, 4.69) is 5.32 Å². The lowest BCUT2D eigenvalue weighted by Crippen LogP contribution is -2.47. The van der Waals surface area contributed by atoms with Crippen LogP contribution in [-0.2, 0) is 20.9 Å². The average molecular weight is 657 g/mol. The molecule has 3 N–H and O–H groups in total. The normalized spacial score (nSPS) is 15.5. The molecule has 0 aromatic heterocycles. The van der Waals surface area contributed by atoms with Crippen molar-refractivity contribution >= 4 is 46.6 Å². The quantitative estimate of drug-likeness (QED) is 0.169. The molecule has 3 unspecified atom stereocenters. The van der Waals surface area contributed by atoms with Gasteiger partial charge in [-0.05, 0) is 65.3 Å². The molecule has 6 nitrogen and oxygen atoms in total. The first kappa shape index (κ1) is 33.2. The standard InChI is InChI=1S/C38H39Cl2N3O3/c1-4-10-31(36(41)44)32(19-23(2)3)37(45)42-35-30-15-6-5-13-28(30)29-14-7-8-16-34(29)43(38(35)46)22-24-11-9-12-25(20-24)27-18-17-26(39)21-33(27)40/h5-9,11-18,20-21,23,31-32,35H,4,10,19,22H2,1-3H3,(H2,41,44)(H,42,45). The summed E-state index contributed by atoms with van der Waals surface area (Å²) >= 11 is 12.7. The van der Waals surface area contributed by atoms with Crippen LogP contribution in [0.15, 0.2) is 91.0 Å². The Balaban J connectivity index is 1.56. The monoisotopic (exact) mass is 655 g/mol. The number of benzene rings is 4. The molecule has 46 heavy (non-hydrogen) atoms. The number of amides is 3. The van der Waals surface area contributed by atoms with Gasteiger partial charge in [0.25, 0.3) is 5.91 Å². The summed E-state index contributed by atoms with van der Waals surface area (Å²) in [4.78, 5) is 43.1. The number of hydrogen-bond acceptors (Lipinski definition) is 3. The molecule has 1 aliphatic heterocycles. The number of para-hydroxylation sites is 1. The van der Waals surface area contributed by atoms with Crippen molar-refractivity contribution in [3.63, 3.8) is 0 Å². The van der Waals surface area contributed by atoms with Gasteiger partial charge in [0.2, 0.25) is 11.8 Å². The largest absolute Gasteiger partial charge is 0.369 e. The van der Waals surface area contributed by atoms with Gasteiger partial charge in [0.15, 0.2) is 0 Å². The lowest BCUT2D eigenvalue weighted by Gasteiger charge is -2.30. The maximum Gasteiger partial charge on any atom is 0.254 e. The predicted octanol–water partition coefficient (Wildman–Crippen LogP) is 8.60. The maximum atomic E-state index is 14.7. The molecule has 5 rings (SSSR count). The van der Waals surface area contributed by atoms with Crippen molar-refractivity contribution in [3.05, 3.63) is 112 Å². The summed E-state index contributed by atoms with van der Waals surface area (Å²) in [7, 11) is 0. The van der Waals surface area contributed by atoms with Crippen LogP contribution in [0, 0.1) is 17.8 Å². The Morgan fingerprint density at radius 3 is 2.28 bits per heavy atom. The van der Waals surface area contributed by atoms with Gasteiger partial charge in [-0.15, -0.1) is 0 Å². The first-order valence-corrected chi connectivity index (χ1v) is 16.5. The maximum absolute atomic E-state index is 14.7. The van der Waals surface area contributed by atoms with Crippen LogP contribution in [0.25, 0.3) is 22.3 Å². The van der Waals surface area contributed by atoms with E-state index in [-0.39, 0.29) is 24.3 Å². The molecular formula is C38H39Cl2N3O3. The van der Waals surface area contributed by atoms with Crippen LogP contribution in [0.5, 0.6) is 0 Å². The van der Waals surface area contributed by atoms with Gasteiger partial charge in [-0.2, -0.15) is 0 Å². The van der Waals surface area contributed by atoms with Gasteiger partial charge < -0.3 is 16.0 Å². The zero-order chi connectivity index (χ0) is 33.0. The molecule has 0 radical (unpaired) electrons. The molecule has 0 fully saturated rings. The van der Waals surface area contributed by atoms with Crippen LogP contribution in [-0.4, -0.2) is 17.7 Å². The van der Waals surface area contributed by atoms with Crippen molar-refractivity contribution in [1.29, 1.82) is 0 Å². The zero-order valence-electron chi connectivity index (χ0n) is 26.3. The number of primary amides is 1. The zero-order valence-corrected chi connectivity index (χ0v) is 27.8. The molecule has 1 aliphatic rings. The van der Waals surface area contributed by atoms with Crippen molar-refractivity contribution in [2.45, 2.75) is 52.6 Å². The molecule has 0 bridgehead atoms. The van der Waals surface area contributed by atoms with Gasteiger partial charge in [-0.1, -0.05) is 117 Å². The molecule has 0 saturated heterocycles. The van der Waals surface area contributed by atoms with Crippen molar-refractivity contribution < 1.29 is 14.4 Å². The fraction of sp³-hybridized carbons (Fsp3) is 0.289. The second kappa shape index (κ2) is 14.5. The van der Waals surface area contributed by atoms with Crippen molar-refractivity contribution in [1.82, 2.24) is 5.32 Å². The highest BCUT2D eigenvalue weighted by Crippen LogP contribution is 2.41. The Hall–Kier alpha value is -4.13. The van der Waals surface area contributed by atoms with E-state index in [1.54, 1.807) is 17.0 Å². The molecule has 3 atom stereocenters. The van der Waals surface area contributed by atoms with E-state index in [4.69, 9.17) is 28.9 Å². The molecule has 0 aliphatic carbocycles. The summed E-state index contributed by atoms with van der Waals surface area (Å²) in [5, 5.41) is 4.18. The summed E-state index contributed by atoms with van der Waals surface area (Å²) in [6.07, 6.45) is 1.69. The topological polar surface area (TPSA) is 92.5 Å². The number of carbonyl (C=O) groups excluding carboxylic acids is 3. The number of rotatable bonds is 11. The minimum absolute atomic E-state index is 0.147. The number of hydrogen-bond donors (Lipinski definition) is 2. The SMILES string of the molecule is CCCC(C(N)=O)C(CC(C)C)C(=O)NC1C(=O)N(Cc2cccc(-c3ccc(Cl)cc3Cl)c2)c2ccccc2-c2ccccc21. The Bertz CT molecular complexity index is 1750. The van der Waals surface area contributed by atoms with E-state index in [0.29, 0.717) is 34.9 Å². The van der Waals surface area contributed by atoms with Crippen molar-refractivity contribution in [2.75, 3.05) is 4.90 Å². The van der Waals surface area contributed by atoms with E-state index in [1.165, 1.54) is 0 Å². The number of nitrogens with zero attached hydrogens (tertiary/aromatic N) is 1. The second-order valence-corrected chi connectivity index (χ2v) is 13.2. The van der Waals surface area contributed by atoms with Crippen molar-refractivity contribution in [3.8, 4) is 22.3 Å². The number of nitrogens with two attached hydrogens (primary N) is 1. The minimum atomic E-state index is -0.977. The molecule has 1 heterocycles.